The lowest BCUT2D eigenvalue weighted by molar-refractivity contribution is -0.183. The van der Waals surface area contributed by atoms with Gasteiger partial charge in [0.2, 0.25) is 5.88 Å². The normalized spacial score (nSPS) is 17.3. The lowest BCUT2D eigenvalue weighted by Gasteiger charge is -2.33. The fraction of sp³-hybridized carbons (Fsp3) is 0.400. The van der Waals surface area contributed by atoms with Crippen LogP contribution in [-0.4, -0.2) is 35.2 Å². The summed E-state index contributed by atoms with van der Waals surface area (Å²) in [6.45, 7) is 3.81. The van der Waals surface area contributed by atoms with Crippen LogP contribution in [0.5, 0.6) is 11.6 Å². The number of hydrogen-bond acceptors (Lipinski definition) is 3. The Kier molecular flexibility index (Phi) is 5.76. The molecule has 0 spiro atoms. The van der Waals surface area contributed by atoms with Crippen LogP contribution >= 0.6 is 0 Å². The van der Waals surface area contributed by atoms with E-state index in [9.17, 15) is 18.0 Å². The zero-order valence-electron chi connectivity index (χ0n) is 15.7. The van der Waals surface area contributed by atoms with Gasteiger partial charge in [0.05, 0.1) is 5.92 Å². The van der Waals surface area contributed by atoms with Crippen molar-refractivity contribution >= 4 is 11.7 Å². The molecule has 0 bridgehead atoms. The van der Waals surface area contributed by atoms with Gasteiger partial charge in [0.25, 0.3) is 0 Å². The van der Waals surface area contributed by atoms with Gasteiger partial charge in [0.1, 0.15) is 11.4 Å². The number of benzene rings is 1. The highest BCUT2D eigenvalue weighted by molar-refractivity contribution is 5.90. The number of amides is 2. The molecule has 5 nitrogen and oxygen atoms in total. The number of alkyl halides is 3. The van der Waals surface area contributed by atoms with Crippen molar-refractivity contribution in [1.82, 2.24) is 9.88 Å². The van der Waals surface area contributed by atoms with Gasteiger partial charge in [-0.25, -0.2) is 9.78 Å². The highest BCUT2D eigenvalue weighted by Crippen LogP contribution is 2.34. The lowest BCUT2D eigenvalue weighted by Crippen LogP contribution is -2.46. The Bertz CT molecular complexity index is 855. The van der Waals surface area contributed by atoms with E-state index in [-0.39, 0.29) is 25.4 Å². The standard InChI is InChI=1S/C20H22F3N3O2/c1-13-6-3-9-17(14(13)2)28-18-16(8-4-10-24-18)25-19(27)26-11-5-7-15(12-26)20(21,22)23/h3-4,6,8-10,15H,5,7,11-12H2,1-2H3,(H,25,27). The molecule has 1 aromatic carbocycles. The third kappa shape index (κ3) is 4.55. The Labute approximate surface area is 161 Å². The van der Waals surface area contributed by atoms with Gasteiger partial charge >= 0.3 is 12.2 Å². The van der Waals surface area contributed by atoms with E-state index in [2.05, 4.69) is 10.3 Å². The number of likely N-dealkylation sites (tertiary alicyclic amines) is 1. The van der Waals surface area contributed by atoms with Crippen molar-refractivity contribution in [3.8, 4) is 11.6 Å². The van der Waals surface area contributed by atoms with E-state index >= 15 is 0 Å². The van der Waals surface area contributed by atoms with Crippen molar-refractivity contribution in [2.24, 2.45) is 5.92 Å². The van der Waals surface area contributed by atoms with Crippen LogP contribution in [0.15, 0.2) is 36.5 Å². The molecule has 0 aliphatic carbocycles. The van der Waals surface area contributed by atoms with Crippen molar-refractivity contribution in [2.75, 3.05) is 18.4 Å². The van der Waals surface area contributed by atoms with Gasteiger partial charge in [-0.2, -0.15) is 13.2 Å². The van der Waals surface area contributed by atoms with Crippen LogP contribution in [0.3, 0.4) is 0 Å². The SMILES string of the molecule is Cc1cccc(Oc2ncccc2NC(=O)N2CCCC(C(F)(F)F)C2)c1C. The topological polar surface area (TPSA) is 54.5 Å². The Hall–Kier alpha value is -2.77. The van der Waals surface area contributed by atoms with E-state index < -0.39 is 18.1 Å². The number of halogens is 3. The number of hydrogen-bond donors (Lipinski definition) is 1. The zero-order valence-corrected chi connectivity index (χ0v) is 15.7. The predicted molar refractivity (Wildman–Crippen MR) is 99.6 cm³/mol. The van der Waals surface area contributed by atoms with Crippen LogP contribution in [0, 0.1) is 19.8 Å². The maximum absolute atomic E-state index is 13.0. The number of nitrogens with one attached hydrogen (secondary N) is 1. The third-order valence-corrected chi connectivity index (χ3v) is 4.95. The molecule has 1 fully saturated rings. The summed E-state index contributed by atoms with van der Waals surface area (Å²) in [7, 11) is 0. The molecule has 1 atom stereocenters. The molecule has 150 valence electrons. The molecule has 2 heterocycles. The molecule has 2 aromatic rings. The van der Waals surface area contributed by atoms with Crippen LogP contribution in [-0.2, 0) is 0 Å². The van der Waals surface area contributed by atoms with Gasteiger partial charge in [-0.1, -0.05) is 12.1 Å². The monoisotopic (exact) mass is 393 g/mol. The number of carbonyl (C=O) groups excluding carboxylic acids is 1. The molecule has 1 aliphatic rings. The minimum Gasteiger partial charge on any atom is -0.437 e. The average Bonchev–Trinajstić information content (AvgIpc) is 2.66. The van der Waals surface area contributed by atoms with E-state index in [1.54, 1.807) is 18.2 Å². The molecule has 1 saturated heterocycles. The zero-order chi connectivity index (χ0) is 20.3. The molecule has 0 saturated carbocycles. The minimum atomic E-state index is -4.30. The van der Waals surface area contributed by atoms with Crippen LogP contribution in [0.4, 0.5) is 23.7 Å². The summed E-state index contributed by atoms with van der Waals surface area (Å²) in [5, 5.41) is 2.64. The minimum absolute atomic E-state index is 0.0428. The lowest BCUT2D eigenvalue weighted by atomic mass is 9.98. The summed E-state index contributed by atoms with van der Waals surface area (Å²) in [5.74, 6) is -0.704. The van der Waals surface area contributed by atoms with E-state index in [0.717, 1.165) is 11.1 Å². The fourth-order valence-electron chi connectivity index (χ4n) is 3.13. The first kappa shape index (κ1) is 20.0. The maximum atomic E-state index is 13.0. The second-order valence-electron chi connectivity index (χ2n) is 6.91. The summed E-state index contributed by atoms with van der Waals surface area (Å²) >= 11 is 0. The van der Waals surface area contributed by atoms with E-state index in [1.807, 2.05) is 26.0 Å². The van der Waals surface area contributed by atoms with Gasteiger partial charge in [0, 0.05) is 19.3 Å². The molecule has 1 N–H and O–H groups in total. The number of piperidine rings is 1. The number of ether oxygens (including phenoxy) is 1. The second-order valence-corrected chi connectivity index (χ2v) is 6.91. The first-order chi connectivity index (χ1) is 13.3. The number of aryl methyl sites for hydroxylation is 1. The number of nitrogens with zero attached hydrogens (tertiary/aromatic N) is 2. The highest BCUT2D eigenvalue weighted by Gasteiger charge is 2.42. The first-order valence-corrected chi connectivity index (χ1v) is 9.07. The van der Waals surface area contributed by atoms with Crippen LogP contribution in [0.2, 0.25) is 0 Å². The van der Waals surface area contributed by atoms with Crippen molar-refractivity contribution in [3.63, 3.8) is 0 Å². The first-order valence-electron chi connectivity index (χ1n) is 9.07. The average molecular weight is 393 g/mol. The summed E-state index contributed by atoms with van der Waals surface area (Å²) in [6, 6.07) is 8.24. The molecule has 28 heavy (non-hydrogen) atoms. The van der Waals surface area contributed by atoms with E-state index in [1.165, 1.54) is 11.1 Å². The molecular formula is C20H22F3N3O2. The molecule has 1 aliphatic heterocycles. The van der Waals surface area contributed by atoms with Crippen LogP contribution in [0.1, 0.15) is 24.0 Å². The summed E-state index contributed by atoms with van der Waals surface area (Å²) in [6.07, 6.45) is -2.42. The quantitative estimate of drug-likeness (QED) is 0.770. The summed E-state index contributed by atoms with van der Waals surface area (Å²) in [4.78, 5) is 17.9. The fourth-order valence-corrected chi connectivity index (χ4v) is 3.13. The molecular weight excluding hydrogens is 371 g/mol. The molecule has 0 radical (unpaired) electrons. The van der Waals surface area contributed by atoms with Crippen molar-refractivity contribution < 1.29 is 22.7 Å². The van der Waals surface area contributed by atoms with Crippen molar-refractivity contribution in [3.05, 3.63) is 47.7 Å². The maximum Gasteiger partial charge on any atom is 0.393 e. The van der Waals surface area contributed by atoms with Crippen molar-refractivity contribution in [1.29, 1.82) is 0 Å². The van der Waals surface area contributed by atoms with Gasteiger partial charge in [-0.3, -0.25) is 0 Å². The predicted octanol–water partition coefficient (Wildman–Crippen LogP) is 5.30. The smallest absolute Gasteiger partial charge is 0.393 e. The molecule has 2 amide bonds. The molecule has 8 heteroatoms. The Morgan fingerprint density at radius 2 is 2.04 bits per heavy atom. The number of rotatable bonds is 3. The highest BCUT2D eigenvalue weighted by atomic mass is 19.4. The molecule has 1 aromatic heterocycles. The van der Waals surface area contributed by atoms with Gasteiger partial charge in [-0.05, 0) is 56.0 Å². The molecule has 3 rings (SSSR count). The van der Waals surface area contributed by atoms with Gasteiger partial charge in [-0.15, -0.1) is 0 Å². The number of urea groups is 1. The second kappa shape index (κ2) is 8.08. The number of carbonyl (C=O) groups is 1. The van der Waals surface area contributed by atoms with Gasteiger partial charge in [0.15, 0.2) is 0 Å². The summed E-state index contributed by atoms with van der Waals surface area (Å²) < 4.78 is 44.8. The van der Waals surface area contributed by atoms with Crippen molar-refractivity contribution in [2.45, 2.75) is 32.9 Å². The Morgan fingerprint density at radius 3 is 2.79 bits per heavy atom. The number of pyridine rings is 1. The number of aromatic nitrogens is 1. The Morgan fingerprint density at radius 1 is 1.25 bits per heavy atom. The largest absolute Gasteiger partial charge is 0.437 e. The van der Waals surface area contributed by atoms with Crippen LogP contribution < -0.4 is 10.1 Å². The van der Waals surface area contributed by atoms with Crippen LogP contribution in [0.25, 0.3) is 0 Å². The Balaban J connectivity index is 1.74. The summed E-state index contributed by atoms with van der Waals surface area (Å²) in [5.41, 5.74) is 2.29. The third-order valence-electron chi connectivity index (χ3n) is 4.95. The molecule has 1 unspecified atom stereocenters. The van der Waals surface area contributed by atoms with Gasteiger partial charge < -0.3 is 15.0 Å². The van der Waals surface area contributed by atoms with E-state index in [0.29, 0.717) is 17.9 Å². The number of anilines is 1. The van der Waals surface area contributed by atoms with E-state index in [4.69, 9.17) is 4.74 Å².